The molecule has 2 rings (SSSR count). The first-order chi connectivity index (χ1) is 13.0. The summed E-state index contributed by atoms with van der Waals surface area (Å²) < 4.78 is 25.3. The fourth-order valence-corrected chi connectivity index (χ4v) is 3.02. The van der Waals surface area contributed by atoms with E-state index >= 15 is 0 Å². The van der Waals surface area contributed by atoms with Gasteiger partial charge in [-0.1, -0.05) is 32.0 Å². The van der Waals surface area contributed by atoms with Crippen LogP contribution in [-0.4, -0.2) is 26.5 Å². The number of rotatable bonds is 7. The van der Waals surface area contributed by atoms with E-state index in [2.05, 4.69) is 15.4 Å². The average Bonchev–Trinajstić information content (AvgIpc) is 2.60. The lowest BCUT2D eigenvalue weighted by Gasteiger charge is -2.12. The predicted molar refractivity (Wildman–Crippen MR) is 111 cm³/mol. The van der Waals surface area contributed by atoms with Crippen molar-refractivity contribution < 1.29 is 18.0 Å². The zero-order valence-electron chi connectivity index (χ0n) is 16.4. The zero-order valence-corrected chi connectivity index (χ0v) is 17.2. The lowest BCUT2D eigenvalue weighted by molar-refractivity contribution is -0.118. The molecule has 2 aromatic rings. The van der Waals surface area contributed by atoms with Crippen LogP contribution in [0.15, 0.2) is 42.5 Å². The maximum atomic E-state index is 12.4. The van der Waals surface area contributed by atoms with Crippen molar-refractivity contribution in [1.82, 2.24) is 5.32 Å². The number of carbonyl (C=O) groups is 2. The van der Waals surface area contributed by atoms with Gasteiger partial charge in [0.15, 0.2) is 0 Å². The standard InChI is InChI=1S/C20H25N3O4S/c1-13(2)19(24)22-17-7-5-6-15(10-17)12-21-20(25)16-9-8-14(3)18(11-16)23-28(4,26)27/h5-11,13,23H,12H2,1-4H3,(H,21,25)(H,22,24). The molecule has 0 aliphatic carbocycles. The first kappa shape index (κ1) is 21.4. The van der Waals surface area contributed by atoms with Crippen LogP contribution in [-0.2, 0) is 21.4 Å². The second-order valence-electron chi connectivity index (χ2n) is 6.93. The van der Waals surface area contributed by atoms with Crippen molar-refractivity contribution in [3.63, 3.8) is 0 Å². The van der Waals surface area contributed by atoms with E-state index in [9.17, 15) is 18.0 Å². The van der Waals surface area contributed by atoms with Gasteiger partial charge in [0.25, 0.3) is 5.91 Å². The number of benzene rings is 2. The van der Waals surface area contributed by atoms with E-state index in [1.54, 1.807) is 37.3 Å². The Kier molecular flexibility index (Phi) is 6.80. The fraction of sp³-hybridized carbons (Fsp3) is 0.300. The highest BCUT2D eigenvalue weighted by Gasteiger charge is 2.11. The Morgan fingerprint density at radius 3 is 2.43 bits per heavy atom. The Hall–Kier alpha value is -2.87. The van der Waals surface area contributed by atoms with E-state index in [4.69, 9.17) is 0 Å². The van der Waals surface area contributed by atoms with E-state index in [1.165, 1.54) is 6.07 Å². The molecule has 150 valence electrons. The average molecular weight is 404 g/mol. The molecular weight excluding hydrogens is 378 g/mol. The number of anilines is 2. The van der Waals surface area contributed by atoms with Crippen LogP contribution >= 0.6 is 0 Å². The molecule has 0 heterocycles. The van der Waals surface area contributed by atoms with E-state index in [1.807, 2.05) is 19.9 Å². The molecule has 2 amide bonds. The molecule has 8 heteroatoms. The molecule has 0 spiro atoms. The quantitative estimate of drug-likeness (QED) is 0.661. The Bertz CT molecular complexity index is 985. The Labute approximate surface area is 165 Å². The fourth-order valence-electron chi connectivity index (χ4n) is 2.40. The second kappa shape index (κ2) is 8.88. The third kappa shape index (κ3) is 6.38. The van der Waals surface area contributed by atoms with E-state index < -0.39 is 10.0 Å². The van der Waals surface area contributed by atoms with Gasteiger partial charge in [-0.15, -0.1) is 0 Å². The molecule has 0 aromatic heterocycles. The van der Waals surface area contributed by atoms with Gasteiger partial charge in [0.1, 0.15) is 0 Å². The van der Waals surface area contributed by atoms with Crippen LogP contribution in [0, 0.1) is 12.8 Å². The van der Waals surface area contributed by atoms with Crippen molar-refractivity contribution in [3.05, 3.63) is 59.2 Å². The summed E-state index contributed by atoms with van der Waals surface area (Å²) in [5.41, 5.74) is 2.93. The minimum Gasteiger partial charge on any atom is -0.348 e. The van der Waals surface area contributed by atoms with Gasteiger partial charge in [-0.2, -0.15) is 0 Å². The Balaban J connectivity index is 2.06. The highest BCUT2D eigenvalue weighted by atomic mass is 32.2. The first-order valence-electron chi connectivity index (χ1n) is 8.81. The van der Waals surface area contributed by atoms with Crippen molar-refractivity contribution >= 4 is 33.2 Å². The number of carbonyl (C=O) groups excluding carboxylic acids is 2. The molecule has 7 nitrogen and oxygen atoms in total. The number of sulfonamides is 1. The van der Waals surface area contributed by atoms with Gasteiger partial charge in [0.2, 0.25) is 15.9 Å². The van der Waals surface area contributed by atoms with Gasteiger partial charge < -0.3 is 10.6 Å². The maximum absolute atomic E-state index is 12.4. The normalized spacial score (nSPS) is 11.2. The van der Waals surface area contributed by atoms with Crippen LogP contribution < -0.4 is 15.4 Å². The topological polar surface area (TPSA) is 104 Å². The SMILES string of the molecule is Cc1ccc(C(=O)NCc2cccc(NC(=O)C(C)C)c2)cc1NS(C)(=O)=O. The molecule has 0 saturated carbocycles. The molecule has 0 fully saturated rings. The minimum atomic E-state index is -3.43. The van der Waals surface area contributed by atoms with Gasteiger partial charge in [0, 0.05) is 23.7 Å². The molecule has 2 aromatic carbocycles. The number of nitrogens with one attached hydrogen (secondary N) is 3. The highest BCUT2D eigenvalue weighted by Crippen LogP contribution is 2.18. The van der Waals surface area contributed by atoms with Gasteiger partial charge in [-0.25, -0.2) is 8.42 Å². The van der Waals surface area contributed by atoms with Gasteiger partial charge in [-0.05, 0) is 42.3 Å². The van der Waals surface area contributed by atoms with Crippen molar-refractivity contribution in [2.24, 2.45) is 5.92 Å². The molecule has 3 N–H and O–H groups in total. The summed E-state index contributed by atoms with van der Waals surface area (Å²) >= 11 is 0. The monoisotopic (exact) mass is 403 g/mol. The third-order valence-electron chi connectivity index (χ3n) is 3.97. The maximum Gasteiger partial charge on any atom is 0.251 e. The lowest BCUT2D eigenvalue weighted by atomic mass is 10.1. The Morgan fingerprint density at radius 1 is 1.07 bits per heavy atom. The minimum absolute atomic E-state index is 0.0771. The molecule has 0 saturated heterocycles. The number of hydrogen-bond acceptors (Lipinski definition) is 4. The molecular formula is C20H25N3O4S. The second-order valence-corrected chi connectivity index (χ2v) is 8.68. The number of hydrogen-bond donors (Lipinski definition) is 3. The van der Waals surface area contributed by atoms with Crippen LogP contribution in [0.25, 0.3) is 0 Å². The molecule has 0 atom stereocenters. The van der Waals surface area contributed by atoms with Crippen LogP contribution in [0.1, 0.15) is 35.3 Å². The molecule has 0 aliphatic heterocycles. The summed E-state index contributed by atoms with van der Waals surface area (Å²) in [6, 6.07) is 12.1. The van der Waals surface area contributed by atoms with Crippen molar-refractivity contribution in [2.45, 2.75) is 27.3 Å². The smallest absolute Gasteiger partial charge is 0.251 e. The Morgan fingerprint density at radius 2 is 1.79 bits per heavy atom. The summed E-state index contributed by atoms with van der Waals surface area (Å²) in [4.78, 5) is 24.2. The van der Waals surface area contributed by atoms with Crippen LogP contribution in [0.5, 0.6) is 0 Å². The van der Waals surface area contributed by atoms with Gasteiger partial charge >= 0.3 is 0 Å². The van der Waals surface area contributed by atoms with E-state index in [0.717, 1.165) is 17.4 Å². The summed E-state index contributed by atoms with van der Waals surface area (Å²) in [7, 11) is -3.43. The third-order valence-corrected chi connectivity index (χ3v) is 4.56. The summed E-state index contributed by atoms with van der Waals surface area (Å²) in [6.45, 7) is 5.65. The van der Waals surface area contributed by atoms with Crippen LogP contribution in [0.3, 0.4) is 0 Å². The molecule has 0 aliphatic rings. The van der Waals surface area contributed by atoms with Crippen LogP contribution in [0.4, 0.5) is 11.4 Å². The van der Waals surface area contributed by atoms with E-state index in [-0.39, 0.29) is 24.3 Å². The molecule has 0 bridgehead atoms. The molecule has 0 radical (unpaired) electrons. The summed E-state index contributed by atoms with van der Waals surface area (Å²) in [5.74, 6) is -0.528. The largest absolute Gasteiger partial charge is 0.348 e. The summed E-state index contributed by atoms with van der Waals surface area (Å²) in [5, 5.41) is 5.62. The summed E-state index contributed by atoms with van der Waals surface area (Å²) in [6.07, 6.45) is 1.06. The lowest BCUT2D eigenvalue weighted by Crippen LogP contribution is -2.23. The molecule has 28 heavy (non-hydrogen) atoms. The zero-order chi connectivity index (χ0) is 20.9. The predicted octanol–water partition coefficient (Wildman–Crippen LogP) is 2.89. The number of amides is 2. The van der Waals surface area contributed by atoms with Gasteiger partial charge in [-0.3, -0.25) is 14.3 Å². The van der Waals surface area contributed by atoms with Gasteiger partial charge in [0.05, 0.1) is 11.9 Å². The van der Waals surface area contributed by atoms with Crippen LogP contribution in [0.2, 0.25) is 0 Å². The van der Waals surface area contributed by atoms with Crippen molar-refractivity contribution in [3.8, 4) is 0 Å². The van der Waals surface area contributed by atoms with Crippen molar-refractivity contribution in [2.75, 3.05) is 16.3 Å². The van der Waals surface area contributed by atoms with E-state index in [0.29, 0.717) is 16.9 Å². The first-order valence-corrected chi connectivity index (χ1v) is 10.7. The highest BCUT2D eigenvalue weighted by molar-refractivity contribution is 7.92. The number of aryl methyl sites for hydroxylation is 1. The molecule has 0 unspecified atom stereocenters. The van der Waals surface area contributed by atoms with Crippen molar-refractivity contribution in [1.29, 1.82) is 0 Å².